The van der Waals surface area contributed by atoms with Gasteiger partial charge in [0.05, 0.1) is 12.7 Å². The molecule has 2 aromatic carbocycles. The summed E-state index contributed by atoms with van der Waals surface area (Å²) in [4.78, 5) is 13.1. The number of hydrogen-bond acceptors (Lipinski definition) is 3. The number of carbonyl (C=O) groups is 1. The van der Waals surface area contributed by atoms with E-state index in [4.69, 9.17) is 21.4 Å². The van der Waals surface area contributed by atoms with E-state index in [1.807, 2.05) is 41.3 Å². The van der Waals surface area contributed by atoms with Crippen LogP contribution in [0, 0.1) is 0 Å². The van der Waals surface area contributed by atoms with Crippen LogP contribution in [0.2, 0.25) is 5.02 Å². The summed E-state index contributed by atoms with van der Waals surface area (Å²) < 4.78 is 6.14. The van der Waals surface area contributed by atoms with Crippen molar-refractivity contribution in [3.05, 3.63) is 59.1 Å². The molecule has 0 radical (unpaired) electrons. The zero-order valence-electron chi connectivity index (χ0n) is 14.9. The van der Waals surface area contributed by atoms with E-state index in [1.165, 1.54) is 0 Å². The number of hydrogen-bond donors (Lipinski definition) is 1. The Labute approximate surface area is 159 Å². The van der Waals surface area contributed by atoms with Crippen LogP contribution in [-0.2, 0) is 16.1 Å². The third kappa shape index (κ3) is 4.44. The number of nitrogens with zero attached hydrogens (tertiary/aromatic N) is 1. The van der Waals surface area contributed by atoms with Gasteiger partial charge in [-0.15, -0.1) is 0 Å². The molecule has 0 spiro atoms. The number of piperidine rings is 1. The van der Waals surface area contributed by atoms with Gasteiger partial charge in [0.1, 0.15) is 6.04 Å². The third-order valence-corrected chi connectivity index (χ3v) is 5.37. The summed E-state index contributed by atoms with van der Waals surface area (Å²) >= 11 is 6.36. The van der Waals surface area contributed by atoms with Gasteiger partial charge in [-0.25, -0.2) is 0 Å². The van der Waals surface area contributed by atoms with E-state index < -0.39 is 12.0 Å². The highest BCUT2D eigenvalue weighted by atomic mass is 35.5. The fourth-order valence-electron chi connectivity index (χ4n) is 3.38. The number of carboxylic acid groups (broad SMARTS) is 1. The minimum Gasteiger partial charge on any atom is -0.480 e. The summed E-state index contributed by atoms with van der Waals surface area (Å²) in [5.41, 5.74) is 3.22. The van der Waals surface area contributed by atoms with Crippen molar-refractivity contribution in [2.45, 2.75) is 38.5 Å². The summed E-state index contributed by atoms with van der Waals surface area (Å²) in [6.07, 6.45) is 1.86. The first kappa shape index (κ1) is 18.9. The maximum absolute atomic E-state index is 11.1. The minimum absolute atomic E-state index is 0.159. The molecule has 0 amide bonds. The van der Waals surface area contributed by atoms with Crippen LogP contribution in [0.15, 0.2) is 48.5 Å². The van der Waals surface area contributed by atoms with Crippen molar-refractivity contribution >= 4 is 17.6 Å². The van der Waals surface area contributed by atoms with Crippen LogP contribution in [0.4, 0.5) is 0 Å². The molecule has 26 heavy (non-hydrogen) atoms. The van der Waals surface area contributed by atoms with Crippen molar-refractivity contribution < 1.29 is 14.6 Å². The zero-order valence-corrected chi connectivity index (χ0v) is 15.7. The van der Waals surface area contributed by atoms with Crippen LogP contribution in [0.1, 0.15) is 25.3 Å². The predicted octanol–water partition coefficient (Wildman–Crippen LogP) is 4.46. The number of ether oxygens (including phenoxy) is 1. The molecule has 5 heteroatoms. The molecule has 1 unspecified atom stereocenters. The summed E-state index contributed by atoms with van der Waals surface area (Å²) in [7, 11) is 0. The van der Waals surface area contributed by atoms with E-state index in [0.717, 1.165) is 47.6 Å². The molecule has 3 rings (SSSR count). The highest BCUT2D eigenvalue weighted by Crippen LogP contribution is 2.31. The van der Waals surface area contributed by atoms with E-state index in [9.17, 15) is 4.79 Å². The fourth-order valence-corrected chi connectivity index (χ4v) is 3.62. The molecule has 1 saturated heterocycles. The van der Waals surface area contributed by atoms with Crippen molar-refractivity contribution in [3.63, 3.8) is 0 Å². The number of benzene rings is 2. The van der Waals surface area contributed by atoms with Crippen molar-refractivity contribution in [3.8, 4) is 11.1 Å². The number of rotatable bonds is 6. The maximum atomic E-state index is 11.1. The first-order valence-electron chi connectivity index (χ1n) is 8.97. The van der Waals surface area contributed by atoms with Crippen LogP contribution in [0.3, 0.4) is 0 Å². The Kier molecular flexibility index (Phi) is 6.30. The lowest BCUT2D eigenvalue weighted by Crippen LogP contribution is -2.45. The van der Waals surface area contributed by atoms with Gasteiger partial charge in [-0.1, -0.05) is 54.1 Å². The van der Waals surface area contributed by atoms with Crippen LogP contribution in [-0.4, -0.2) is 41.2 Å². The molecule has 0 aliphatic carbocycles. The van der Waals surface area contributed by atoms with Crippen LogP contribution in [0.5, 0.6) is 0 Å². The summed E-state index contributed by atoms with van der Waals surface area (Å²) in [6, 6.07) is 15.6. The molecule has 4 nitrogen and oxygen atoms in total. The second kappa shape index (κ2) is 8.67. The highest BCUT2D eigenvalue weighted by Gasteiger charge is 2.26. The normalized spacial score (nSPS) is 17.2. The molecule has 1 fully saturated rings. The van der Waals surface area contributed by atoms with Gasteiger partial charge in [-0.05, 0) is 37.0 Å². The van der Waals surface area contributed by atoms with E-state index in [2.05, 4.69) is 12.1 Å². The van der Waals surface area contributed by atoms with Crippen LogP contribution < -0.4 is 0 Å². The largest absolute Gasteiger partial charge is 0.480 e. The molecule has 0 bridgehead atoms. The van der Waals surface area contributed by atoms with Crippen molar-refractivity contribution in [1.82, 2.24) is 4.90 Å². The number of carboxylic acids is 1. The average molecular weight is 374 g/mol. The van der Waals surface area contributed by atoms with Gasteiger partial charge in [0.2, 0.25) is 0 Å². The Hall–Kier alpha value is -1.88. The fraction of sp³-hybridized carbons (Fsp3) is 0.381. The van der Waals surface area contributed by atoms with Crippen molar-refractivity contribution in [2.75, 3.05) is 13.1 Å². The van der Waals surface area contributed by atoms with Gasteiger partial charge in [0.25, 0.3) is 0 Å². The monoisotopic (exact) mass is 373 g/mol. The standard InChI is InChI=1S/C21H24ClNO3/c1-15(21(24)25)23-12-10-17(11-13-23)26-14-16-6-2-3-7-18(16)19-8-4-5-9-20(19)22/h2-9,15,17H,10-14H2,1H3,(H,24,25). The molecule has 1 N–H and O–H groups in total. The van der Waals surface area contributed by atoms with E-state index in [-0.39, 0.29) is 6.10 Å². The smallest absolute Gasteiger partial charge is 0.320 e. The Morgan fingerprint density at radius 3 is 2.42 bits per heavy atom. The number of halogens is 1. The van der Waals surface area contributed by atoms with E-state index in [0.29, 0.717) is 6.61 Å². The lowest BCUT2D eigenvalue weighted by Gasteiger charge is -2.34. The topological polar surface area (TPSA) is 49.8 Å². The zero-order chi connectivity index (χ0) is 18.5. The Morgan fingerprint density at radius 1 is 1.15 bits per heavy atom. The van der Waals surface area contributed by atoms with Crippen LogP contribution in [0.25, 0.3) is 11.1 Å². The quantitative estimate of drug-likeness (QED) is 0.812. The first-order chi connectivity index (χ1) is 12.6. The van der Waals surface area contributed by atoms with Gasteiger partial charge in [-0.2, -0.15) is 0 Å². The molecular weight excluding hydrogens is 350 g/mol. The second-order valence-corrected chi connectivity index (χ2v) is 7.10. The van der Waals surface area contributed by atoms with E-state index >= 15 is 0 Å². The molecular formula is C21H24ClNO3. The Bertz CT molecular complexity index is 756. The molecule has 0 aromatic heterocycles. The van der Waals surface area contributed by atoms with Crippen molar-refractivity contribution in [1.29, 1.82) is 0 Å². The van der Waals surface area contributed by atoms with Gasteiger partial charge >= 0.3 is 5.97 Å². The molecule has 1 heterocycles. The van der Waals surface area contributed by atoms with Gasteiger partial charge in [0, 0.05) is 23.7 Å². The number of likely N-dealkylation sites (tertiary alicyclic amines) is 1. The maximum Gasteiger partial charge on any atom is 0.320 e. The highest BCUT2D eigenvalue weighted by molar-refractivity contribution is 6.33. The Morgan fingerprint density at radius 2 is 1.77 bits per heavy atom. The predicted molar refractivity (Wildman–Crippen MR) is 103 cm³/mol. The summed E-state index contributed by atoms with van der Waals surface area (Å²) in [5, 5.41) is 9.86. The molecule has 1 aliphatic heterocycles. The molecule has 1 atom stereocenters. The molecule has 1 aliphatic rings. The van der Waals surface area contributed by atoms with Crippen LogP contribution >= 0.6 is 11.6 Å². The number of aliphatic carboxylic acids is 1. The Balaban J connectivity index is 1.62. The summed E-state index contributed by atoms with van der Waals surface area (Å²) in [6.45, 7) is 3.78. The lowest BCUT2D eigenvalue weighted by atomic mass is 10.00. The second-order valence-electron chi connectivity index (χ2n) is 6.70. The van der Waals surface area contributed by atoms with Crippen molar-refractivity contribution in [2.24, 2.45) is 0 Å². The third-order valence-electron chi connectivity index (χ3n) is 5.04. The van der Waals surface area contributed by atoms with Gasteiger partial charge < -0.3 is 9.84 Å². The molecule has 2 aromatic rings. The van der Waals surface area contributed by atoms with E-state index in [1.54, 1.807) is 6.92 Å². The SMILES string of the molecule is CC(C(=O)O)N1CCC(OCc2ccccc2-c2ccccc2Cl)CC1. The minimum atomic E-state index is -0.766. The molecule has 138 valence electrons. The summed E-state index contributed by atoms with van der Waals surface area (Å²) in [5.74, 6) is -0.766. The molecule has 0 saturated carbocycles. The van der Waals surface area contributed by atoms with Gasteiger partial charge in [0.15, 0.2) is 0 Å². The average Bonchev–Trinajstić information content (AvgIpc) is 2.67. The van der Waals surface area contributed by atoms with Gasteiger partial charge in [-0.3, -0.25) is 9.69 Å². The first-order valence-corrected chi connectivity index (χ1v) is 9.35. The lowest BCUT2D eigenvalue weighted by molar-refractivity contribution is -0.143.